The molecule has 1 saturated heterocycles. The minimum atomic E-state index is -1.28. The lowest BCUT2D eigenvalue weighted by molar-refractivity contribution is -0.923. The molecule has 132 valence electrons. The molecule has 4 rings (SSSR count). The summed E-state index contributed by atoms with van der Waals surface area (Å²) in [6, 6.07) is 19.1. The topological polar surface area (TPSA) is 43.3 Å². The van der Waals surface area contributed by atoms with Crippen LogP contribution in [0, 0.1) is 11.1 Å². The molecule has 2 fully saturated rings. The summed E-state index contributed by atoms with van der Waals surface area (Å²) in [5.41, 5.74) is 0.342. The van der Waals surface area contributed by atoms with Crippen LogP contribution in [0.2, 0.25) is 0 Å². The number of hydrogen-bond acceptors (Lipinski definition) is 2. The maximum atomic E-state index is 14.0. The summed E-state index contributed by atoms with van der Waals surface area (Å²) in [7, 11) is 0. The van der Waals surface area contributed by atoms with Gasteiger partial charge in [0, 0.05) is 18.8 Å². The Balaban J connectivity index is 1.81. The van der Waals surface area contributed by atoms with Crippen LogP contribution in [0.4, 0.5) is 0 Å². The van der Waals surface area contributed by atoms with Crippen molar-refractivity contribution in [1.29, 1.82) is 0 Å². The van der Waals surface area contributed by atoms with E-state index in [1.54, 1.807) is 0 Å². The number of rotatable bonds is 4. The Morgan fingerprint density at radius 2 is 1.52 bits per heavy atom. The van der Waals surface area contributed by atoms with Crippen LogP contribution in [0.1, 0.15) is 43.7 Å². The van der Waals surface area contributed by atoms with E-state index in [2.05, 4.69) is 0 Å². The second kappa shape index (κ2) is 6.24. The Morgan fingerprint density at radius 1 is 0.960 bits per heavy atom. The summed E-state index contributed by atoms with van der Waals surface area (Å²) >= 11 is 0. The van der Waals surface area contributed by atoms with Crippen LogP contribution < -0.4 is 0 Å². The van der Waals surface area contributed by atoms with Gasteiger partial charge in [0.2, 0.25) is 0 Å². The highest BCUT2D eigenvalue weighted by Gasteiger charge is 2.54. The zero-order valence-electron chi connectivity index (χ0n) is 14.8. The van der Waals surface area contributed by atoms with E-state index in [1.807, 2.05) is 67.6 Å². The number of aliphatic hydroxyl groups is 1. The molecule has 1 N–H and O–H groups in total. The first-order chi connectivity index (χ1) is 12.1. The maximum absolute atomic E-state index is 14.0. The van der Waals surface area contributed by atoms with Crippen molar-refractivity contribution in [2.24, 2.45) is 5.92 Å². The quantitative estimate of drug-likeness (QED) is 0.671. The number of nitrogens with zero attached hydrogens (tertiary/aromatic N) is 1. The van der Waals surface area contributed by atoms with Gasteiger partial charge in [-0.3, -0.25) is 0 Å². The average molecular weight is 337 g/mol. The Kier molecular flexibility index (Phi) is 4.19. The highest BCUT2D eigenvalue weighted by Crippen LogP contribution is 2.48. The van der Waals surface area contributed by atoms with E-state index < -0.39 is 11.6 Å². The van der Waals surface area contributed by atoms with Crippen LogP contribution in [0.5, 0.6) is 0 Å². The third kappa shape index (κ3) is 2.53. The molecule has 0 amide bonds. The van der Waals surface area contributed by atoms with Crippen molar-refractivity contribution in [1.82, 2.24) is 0 Å². The molecule has 2 aromatic carbocycles. The van der Waals surface area contributed by atoms with Gasteiger partial charge in [0.1, 0.15) is 6.04 Å². The number of quaternary nitrogens is 1. The third-order valence-electron chi connectivity index (χ3n) is 6.72. The largest absolute Gasteiger partial charge is 0.632 e. The third-order valence-corrected chi connectivity index (χ3v) is 6.72. The Morgan fingerprint density at radius 3 is 2.08 bits per heavy atom. The molecule has 2 aromatic rings. The Labute approximate surface area is 150 Å². The van der Waals surface area contributed by atoms with Crippen molar-refractivity contribution in [3.63, 3.8) is 0 Å². The second-order valence-corrected chi connectivity index (χ2v) is 7.80. The van der Waals surface area contributed by atoms with Gasteiger partial charge >= 0.3 is 0 Å². The first-order valence-electron chi connectivity index (χ1n) is 9.48. The molecule has 3 heteroatoms. The molecule has 1 heterocycles. The Hall–Kier alpha value is -1.68. The first-order valence-corrected chi connectivity index (χ1v) is 9.48. The summed E-state index contributed by atoms with van der Waals surface area (Å²) in [5, 5.41) is 25.9. The zero-order valence-corrected chi connectivity index (χ0v) is 14.8. The molecule has 1 aliphatic carbocycles. The molecular formula is C22H27NO2. The maximum Gasteiger partial charge on any atom is 0.166 e. The fourth-order valence-corrected chi connectivity index (χ4v) is 5.29. The van der Waals surface area contributed by atoms with E-state index >= 15 is 0 Å². The van der Waals surface area contributed by atoms with Gasteiger partial charge in [0.05, 0.1) is 12.6 Å². The number of hydroxylamine groups is 3. The van der Waals surface area contributed by atoms with Crippen molar-refractivity contribution in [2.75, 3.05) is 6.54 Å². The summed E-state index contributed by atoms with van der Waals surface area (Å²) < 4.78 is -0.259. The molecule has 0 aromatic heterocycles. The molecule has 1 aliphatic heterocycles. The smallest absolute Gasteiger partial charge is 0.166 e. The molecule has 4 atom stereocenters. The Bertz CT molecular complexity index is 678. The lowest BCUT2D eigenvalue weighted by atomic mass is 9.79. The molecule has 0 unspecified atom stereocenters. The van der Waals surface area contributed by atoms with Gasteiger partial charge in [-0.15, -0.1) is 0 Å². The van der Waals surface area contributed by atoms with Crippen molar-refractivity contribution in [3.05, 3.63) is 77.0 Å². The van der Waals surface area contributed by atoms with Crippen LogP contribution in [0.3, 0.4) is 0 Å². The number of fused-ring (bicyclic) bond motifs is 1. The molecule has 3 nitrogen and oxygen atoms in total. The fraction of sp³-hybridized carbons (Fsp3) is 0.455. The molecule has 2 aliphatic rings. The van der Waals surface area contributed by atoms with Crippen molar-refractivity contribution in [2.45, 2.75) is 50.3 Å². The summed E-state index contributed by atoms with van der Waals surface area (Å²) in [6.07, 6.45) is 4.32. The van der Waals surface area contributed by atoms with Crippen LogP contribution >= 0.6 is 0 Å². The van der Waals surface area contributed by atoms with Gasteiger partial charge in [0.25, 0.3) is 0 Å². The molecule has 1 saturated carbocycles. The predicted molar refractivity (Wildman–Crippen MR) is 99.6 cm³/mol. The van der Waals surface area contributed by atoms with Gasteiger partial charge in [-0.05, 0) is 30.9 Å². The van der Waals surface area contributed by atoms with E-state index in [0.29, 0.717) is 12.5 Å². The molecule has 25 heavy (non-hydrogen) atoms. The summed E-state index contributed by atoms with van der Waals surface area (Å²) in [4.78, 5) is 0. The van der Waals surface area contributed by atoms with E-state index in [1.165, 1.54) is 6.42 Å². The van der Waals surface area contributed by atoms with E-state index in [9.17, 15) is 10.3 Å². The highest BCUT2D eigenvalue weighted by atomic mass is 16.6. The van der Waals surface area contributed by atoms with Crippen molar-refractivity contribution < 1.29 is 9.75 Å². The van der Waals surface area contributed by atoms with Crippen LogP contribution in [0.25, 0.3) is 0 Å². The predicted octanol–water partition coefficient (Wildman–Crippen LogP) is 4.20. The molecule has 0 radical (unpaired) electrons. The number of likely N-dealkylation sites (tertiary alicyclic amines) is 1. The summed E-state index contributed by atoms with van der Waals surface area (Å²) in [5.74, 6) is 0.538. The second-order valence-electron chi connectivity index (χ2n) is 7.80. The van der Waals surface area contributed by atoms with Crippen LogP contribution in [-0.2, 0) is 5.60 Å². The van der Waals surface area contributed by atoms with Gasteiger partial charge in [0.15, 0.2) is 5.60 Å². The van der Waals surface area contributed by atoms with E-state index in [0.717, 1.165) is 30.4 Å². The fourth-order valence-electron chi connectivity index (χ4n) is 5.29. The normalized spacial score (nSPS) is 30.2. The van der Waals surface area contributed by atoms with E-state index in [-0.39, 0.29) is 10.7 Å². The minimum absolute atomic E-state index is 0.147. The van der Waals surface area contributed by atoms with Gasteiger partial charge in [-0.25, -0.2) is 0 Å². The lowest BCUT2D eigenvalue weighted by Gasteiger charge is -2.54. The van der Waals surface area contributed by atoms with E-state index in [4.69, 9.17) is 0 Å². The average Bonchev–Trinajstić information content (AvgIpc) is 3.27. The standard InChI is InChI=1S/C22H27NO2/c1-17(23(25)16-15-18-9-8-14-21(18)23)22(24,19-10-4-2-5-11-19)20-12-6-3-7-13-20/h2-7,10-13,17-18,21,24H,8-9,14-16H2,1H3/t17-,18-,21-,23+/m0/s1. The van der Waals surface area contributed by atoms with Gasteiger partial charge in [-0.2, -0.15) is 0 Å². The minimum Gasteiger partial charge on any atom is -0.632 e. The van der Waals surface area contributed by atoms with Crippen molar-refractivity contribution in [3.8, 4) is 0 Å². The van der Waals surface area contributed by atoms with Crippen molar-refractivity contribution >= 4 is 0 Å². The number of hydrogen-bond donors (Lipinski definition) is 1. The molecular weight excluding hydrogens is 310 g/mol. The number of benzene rings is 2. The van der Waals surface area contributed by atoms with Crippen LogP contribution in [-0.4, -0.2) is 28.4 Å². The summed E-state index contributed by atoms with van der Waals surface area (Å²) in [6.45, 7) is 2.58. The highest BCUT2D eigenvalue weighted by molar-refractivity contribution is 5.37. The van der Waals surface area contributed by atoms with Gasteiger partial charge < -0.3 is 15.0 Å². The van der Waals surface area contributed by atoms with Crippen LogP contribution in [0.15, 0.2) is 60.7 Å². The first kappa shape index (κ1) is 16.8. The lowest BCUT2D eigenvalue weighted by Crippen LogP contribution is -2.61. The molecule has 0 bridgehead atoms. The van der Waals surface area contributed by atoms with Gasteiger partial charge in [-0.1, -0.05) is 60.7 Å². The zero-order chi connectivity index (χ0) is 17.5. The monoisotopic (exact) mass is 337 g/mol. The molecule has 0 spiro atoms. The SMILES string of the molecule is C[C@@H](C(O)(c1ccccc1)c1ccccc1)[N@+]1([O-])CC[C@@H]2CCC[C@@H]21.